The summed E-state index contributed by atoms with van der Waals surface area (Å²) < 4.78 is 2.34. The third-order valence-corrected chi connectivity index (χ3v) is 7.99. The number of pyridine rings is 3. The summed E-state index contributed by atoms with van der Waals surface area (Å²) in [6, 6.07) is 24.2. The molecule has 4 aromatic heterocycles. The average molecular weight is 447 g/mol. The molecule has 0 amide bonds. The lowest BCUT2D eigenvalue weighted by Gasteiger charge is -2.11. The van der Waals surface area contributed by atoms with Crippen LogP contribution >= 0.6 is 0 Å². The first-order chi connectivity index (χ1) is 17.4. The van der Waals surface area contributed by atoms with Gasteiger partial charge in [0.1, 0.15) is 5.65 Å². The Hall–Kier alpha value is -4.57. The van der Waals surface area contributed by atoms with Crippen LogP contribution in [0, 0.1) is 0 Å². The van der Waals surface area contributed by atoms with Gasteiger partial charge in [0.25, 0.3) is 0 Å². The number of benzene rings is 3. The molecule has 0 atom stereocenters. The van der Waals surface area contributed by atoms with Gasteiger partial charge in [-0.05, 0) is 76.1 Å². The summed E-state index contributed by atoms with van der Waals surface area (Å²) in [4.78, 5) is 14.3. The van der Waals surface area contributed by atoms with Crippen molar-refractivity contribution < 1.29 is 0 Å². The van der Waals surface area contributed by atoms with Gasteiger partial charge < -0.3 is 0 Å². The Kier molecular flexibility index (Phi) is 3.11. The number of fused-ring (bicyclic) bond motifs is 16. The summed E-state index contributed by atoms with van der Waals surface area (Å²) in [6.07, 6.45) is 7.63. The van der Waals surface area contributed by atoms with Crippen LogP contribution in [0.1, 0.15) is 22.3 Å². The van der Waals surface area contributed by atoms with Gasteiger partial charge in [-0.3, -0.25) is 14.4 Å². The van der Waals surface area contributed by atoms with Crippen LogP contribution in [0.15, 0.2) is 85.3 Å². The maximum Gasteiger partial charge on any atom is 0.147 e. The Labute approximate surface area is 200 Å². The van der Waals surface area contributed by atoms with Crippen molar-refractivity contribution >= 4 is 38.5 Å². The minimum Gasteiger partial charge on any atom is -0.291 e. The molecule has 35 heavy (non-hydrogen) atoms. The highest BCUT2D eigenvalue weighted by Crippen LogP contribution is 2.49. The molecule has 9 rings (SSSR count). The summed E-state index contributed by atoms with van der Waals surface area (Å²) in [5, 5.41) is 2.11. The van der Waals surface area contributed by atoms with Gasteiger partial charge in [-0.1, -0.05) is 42.5 Å². The Balaban J connectivity index is 1.44. The first kappa shape index (κ1) is 17.8. The molecule has 0 spiro atoms. The van der Waals surface area contributed by atoms with Crippen LogP contribution in [0.25, 0.3) is 60.7 Å². The summed E-state index contributed by atoms with van der Waals surface area (Å²) in [5.41, 5.74) is 16.5. The Bertz CT molecular complexity index is 2070. The van der Waals surface area contributed by atoms with E-state index in [1.54, 1.807) is 0 Å². The molecule has 0 unspecified atom stereocenters. The highest BCUT2D eigenvalue weighted by atomic mass is 15.0. The van der Waals surface area contributed by atoms with Crippen LogP contribution in [-0.2, 0) is 12.8 Å². The number of hydrogen-bond donors (Lipinski definition) is 0. The number of hydrogen-bond acceptors (Lipinski definition) is 3. The molecule has 7 aromatic rings. The van der Waals surface area contributed by atoms with Gasteiger partial charge in [-0.25, -0.2) is 4.98 Å². The molecule has 4 heteroatoms. The van der Waals surface area contributed by atoms with E-state index in [1.165, 1.54) is 50.0 Å². The van der Waals surface area contributed by atoms with Crippen molar-refractivity contribution in [2.24, 2.45) is 0 Å². The zero-order chi connectivity index (χ0) is 22.7. The maximum atomic E-state index is 5.15. The van der Waals surface area contributed by atoms with Crippen LogP contribution in [0.3, 0.4) is 0 Å². The zero-order valence-electron chi connectivity index (χ0n) is 18.8. The van der Waals surface area contributed by atoms with Crippen LogP contribution in [0.2, 0.25) is 0 Å². The van der Waals surface area contributed by atoms with Crippen molar-refractivity contribution in [2.45, 2.75) is 12.8 Å². The molecule has 0 bridgehead atoms. The smallest absolute Gasteiger partial charge is 0.147 e. The highest BCUT2D eigenvalue weighted by Gasteiger charge is 2.30. The van der Waals surface area contributed by atoms with Gasteiger partial charge in [0, 0.05) is 34.9 Å². The van der Waals surface area contributed by atoms with Crippen LogP contribution < -0.4 is 0 Å². The molecule has 2 aliphatic carbocycles. The minimum absolute atomic E-state index is 0.950. The molecule has 4 heterocycles. The molecule has 0 fully saturated rings. The average Bonchev–Trinajstić information content (AvgIpc) is 3.59. The van der Waals surface area contributed by atoms with Crippen LogP contribution in [0.5, 0.6) is 0 Å². The molecule has 0 saturated carbocycles. The third kappa shape index (κ3) is 2.11. The van der Waals surface area contributed by atoms with Gasteiger partial charge in [-0.15, -0.1) is 0 Å². The van der Waals surface area contributed by atoms with Gasteiger partial charge in [0.2, 0.25) is 0 Å². The SMILES string of the molecule is c1ccc2c(c1)Cc1c-2ccc2c1Cc1ccc3nc4c5cccnc5c5cnccc5n4c3c1-2. The predicted molar refractivity (Wildman–Crippen MR) is 140 cm³/mol. The Morgan fingerprint density at radius 1 is 0.686 bits per heavy atom. The Morgan fingerprint density at radius 2 is 1.57 bits per heavy atom. The van der Waals surface area contributed by atoms with E-state index < -0.39 is 0 Å². The van der Waals surface area contributed by atoms with Crippen LogP contribution in [-0.4, -0.2) is 19.4 Å². The number of aromatic nitrogens is 4. The fourth-order valence-electron chi connectivity index (χ4n) is 6.54. The second kappa shape index (κ2) is 6.10. The highest BCUT2D eigenvalue weighted by molar-refractivity contribution is 6.13. The van der Waals surface area contributed by atoms with Crippen molar-refractivity contribution in [3.63, 3.8) is 0 Å². The van der Waals surface area contributed by atoms with E-state index in [9.17, 15) is 0 Å². The van der Waals surface area contributed by atoms with Crippen molar-refractivity contribution in [3.8, 4) is 22.3 Å². The van der Waals surface area contributed by atoms with Gasteiger partial charge in [0.15, 0.2) is 0 Å². The molecule has 0 N–H and O–H groups in total. The minimum atomic E-state index is 0.950. The lowest BCUT2D eigenvalue weighted by molar-refractivity contribution is 1.16. The fourth-order valence-corrected chi connectivity index (χ4v) is 6.54. The lowest BCUT2D eigenvalue weighted by atomic mass is 9.96. The number of nitrogens with zero attached hydrogens (tertiary/aromatic N) is 4. The molecule has 4 nitrogen and oxygen atoms in total. The first-order valence-corrected chi connectivity index (χ1v) is 12.0. The second-order valence-electron chi connectivity index (χ2n) is 9.66. The summed E-state index contributed by atoms with van der Waals surface area (Å²) in [5.74, 6) is 0. The maximum absolute atomic E-state index is 5.15. The molecule has 3 aromatic carbocycles. The number of rotatable bonds is 0. The van der Waals surface area contributed by atoms with Gasteiger partial charge in [-0.2, -0.15) is 0 Å². The van der Waals surface area contributed by atoms with Crippen molar-refractivity contribution in [1.29, 1.82) is 0 Å². The Morgan fingerprint density at radius 3 is 2.57 bits per heavy atom. The van der Waals surface area contributed by atoms with E-state index >= 15 is 0 Å². The van der Waals surface area contributed by atoms with E-state index in [0.29, 0.717) is 0 Å². The molecule has 2 aliphatic rings. The molecule has 0 saturated heterocycles. The zero-order valence-corrected chi connectivity index (χ0v) is 18.8. The van der Waals surface area contributed by atoms with Crippen molar-refractivity contribution in [1.82, 2.24) is 19.4 Å². The lowest BCUT2D eigenvalue weighted by Crippen LogP contribution is -1.94. The normalized spacial score (nSPS) is 13.5. The summed E-state index contributed by atoms with van der Waals surface area (Å²) in [6.45, 7) is 0. The molecular formula is C31H18N4. The topological polar surface area (TPSA) is 43.1 Å². The molecular weight excluding hydrogens is 428 g/mol. The first-order valence-electron chi connectivity index (χ1n) is 12.0. The predicted octanol–water partition coefficient (Wildman–Crippen LogP) is 6.73. The fraction of sp³-hybridized carbons (Fsp3) is 0.0645. The standard InChI is InChI=1S/C31H18N4/c1-2-5-19-17(4-1)14-23-20(19)8-9-21-24(23)15-18-7-10-26-30(28(18)21)35-27-11-13-32-16-25(27)29-22(31(35)34-26)6-3-12-33-29/h1-13,16H,14-15H2. The van der Waals surface area contributed by atoms with Crippen molar-refractivity contribution in [2.75, 3.05) is 0 Å². The molecule has 0 aliphatic heterocycles. The van der Waals surface area contributed by atoms with Crippen LogP contribution in [0.4, 0.5) is 0 Å². The van der Waals surface area contributed by atoms with E-state index in [4.69, 9.17) is 9.97 Å². The van der Waals surface area contributed by atoms with E-state index in [2.05, 4.69) is 70.0 Å². The third-order valence-electron chi connectivity index (χ3n) is 7.99. The summed E-state index contributed by atoms with van der Waals surface area (Å²) >= 11 is 0. The monoisotopic (exact) mass is 446 g/mol. The summed E-state index contributed by atoms with van der Waals surface area (Å²) in [7, 11) is 0. The molecule has 0 radical (unpaired) electrons. The largest absolute Gasteiger partial charge is 0.291 e. The van der Waals surface area contributed by atoms with Crippen molar-refractivity contribution in [3.05, 3.63) is 108 Å². The van der Waals surface area contributed by atoms with E-state index in [1.807, 2.05) is 24.7 Å². The van der Waals surface area contributed by atoms with Gasteiger partial charge in [0.05, 0.1) is 22.1 Å². The van der Waals surface area contributed by atoms with E-state index in [-0.39, 0.29) is 0 Å². The van der Waals surface area contributed by atoms with E-state index in [0.717, 1.165) is 45.8 Å². The van der Waals surface area contributed by atoms with Gasteiger partial charge >= 0.3 is 0 Å². The second-order valence-corrected chi connectivity index (χ2v) is 9.66. The quantitative estimate of drug-likeness (QED) is 0.243. The molecule has 162 valence electrons. The number of imidazole rings is 1.